The van der Waals surface area contributed by atoms with E-state index in [2.05, 4.69) is 16.6 Å². The third-order valence-corrected chi connectivity index (χ3v) is 4.74. The molecule has 0 unspecified atom stereocenters. The van der Waals surface area contributed by atoms with Crippen molar-refractivity contribution >= 4 is 33.6 Å². The second-order valence-corrected chi connectivity index (χ2v) is 6.48. The highest BCUT2D eigenvalue weighted by Crippen LogP contribution is 2.40. The van der Waals surface area contributed by atoms with Gasteiger partial charge in [0.05, 0.1) is 11.9 Å². The number of hydrazone groups is 1. The first-order valence-electron chi connectivity index (χ1n) is 8.78. The molecule has 0 saturated heterocycles. The molecule has 0 radical (unpaired) electrons. The Morgan fingerprint density at radius 3 is 2.50 bits per heavy atom. The second kappa shape index (κ2) is 6.46. The van der Waals surface area contributed by atoms with Crippen LogP contribution in [-0.2, 0) is 0 Å². The highest BCUT2D eigenvalue weighted by atomic mass is 19.1. The molecule has 2 aliphatic rings. The first-order chi connectivity index (χ1) is 13.7. The summed E-state index contributed by atoms with van der Waals surface area (Å²) < 4.78 is 33.0. The van der Waals surface area contributed by atoms with E-state index in [0.29, 0.717) is 5.76 Å². The lowest BCUT2D eigenvalue weighted by molar-refractivity contribution is 0.585. The normalized spacial score (nSPS) is 11.8. The molecule has 1 N–H and O–H groups in total. The molecule has 28 heavy (non-hydrogen) atoms. The molecule has 1 aliphatic heterocycles. The van der Waals surface area contributed by atoms with Crippen molar-refractivity contribution in [2.24, 2.45) is 5.10 Å². The zero-order valence-electron chi connectivity index (χ0n) is 14.6. The molecule has 0 fully saturated rings. The molecule has 1 heterocycles. The zero-order valence-corrected chi connectivity index (χ0v) is 14.6. The summed E-state index contributed by atoms with van der Waals surface area (Å²) in [4.78, 5) is 0. The molecular weight excluding hydrogens is 358 g/mol. The Hall–Kier alpha value is -3.73. The van der Waals surface area contributed by atoms with Crippen LogP contribution >= 0.6 is 0 Å². The van der Waals surface area contributed by atoms with Gasteiger partial charge in [0.2, 0.25) is 0 Å². The van der Waals surface area contributed by atoms with Crippen molar-refractivity contribution in [3.63, 3.8) is 0 Å². The smallest absolute Gasteiger partial charge is 0.151 e. The number of para-hydroxylation sites is 1. The predicted octanol–water partition coefficient (Wildman–Crippen LogP) is 6.42. The third-order valence-electron chi connectivity index (χ3n) is 4.74. The Labute approximate surface area is 159 Å². The van der Waals surface area contributed by atoms with E-state index in [9.17, 15) is 8.78 Å². The van der Waals surface area contributed by atoms with Crippen molar-refractivity contribution in [1.82, 2.24) is 0 Å². The average molecular weight is 372 g/mol. The summed E-state index contributed by atoms with van der Waals surface area (Å²) in [5, 5.41) is 7.22. The fraction of sp³-hybridized carbons (Fsp3) is 0. The van der Waals surface area contributed by atoms with Crippen LogP contribution in [0.4, 0.5) is 14.5 Å². The molecule has 0 spiro atoms. The molecule has 3 aromatic carbocycles. The van der Waals surface area contributed by atoms with Gasteiger partial charge in [0.1, 0.15) is 17.2 Å². The van der Waals surface area contributed by atoms with Crippen molar-refractivity contribution in [3.8, 4) is 11.3 Å². The molecule has 0 aromatic heterocycles. The van der Waals surface area contributed by atoms with Crippen LogP contribution in [0.25, 0.3) is 33.1 Å². The van der Waals surface area contributed by atoms with E-state index in [1.165, 1.54) is 12.1 Å². The Morgan fingerprint density at radius 2 is 1.64 bits per heavy atom. The van der Waals surface area contributed by atoms with Gasteiger partial charge in [-0.15, -0.1) is 0 Å². The topological polar surface area (TPSA) is 37.5 Å². The number of benzene rings is 3. The van der Waals surface area contributed by atoms with Crippen LogP contribution in [0.15, 0.2) is 82.3 Å². The van der Waals surface area contributed by atoms with E-state index < -0.39 is 11.6 Å². The first kappa shape index (κ1) is 16.4. The van der Waals surface area contributed by atoms with E-state index in [4.69, 9.17) is 4.42 Å². The second-order valence-electron chi connectivity index (χ2n) is 6.48. The predicted molar refractivity (Wildman–Crippen MR) is 108 cm³/mol. The van der Waals surface area contributed by atoms with Gasteiger partial charge in [-0.1, -0.05) is 42.5 Å². The van der Waals surface area contributed by atoms with Crippen LogP contribution < -0.4 is 5.43 Å². The Balaban J connectivity index is 1.64. The first-order valence-corrected chi connectivity index (χ1v) is 8.78. The van der Waals surface area contributed by atoms with Gasteiger partial charge in [-0.3, -0.25) is 5.43 Å². The molecule has 3 nitrogen and oxygen atoms in total. The monoisotopic (exact) mass is 372 g/mol. The Kier molecular flexibility index (Phi) is 3.79. The Morgan fingerprint density at radius 1 is 0.857 bits per heavy atom. The number of hydrogen-bond donors (Lipinski definition) is 1. The zero-order chi connectivity index (χ0) is 19.1. The average Bonchev–Trinajstić information content (AvgIpc) is 3.01. The Bertz CT molecular complexity index is 1320. The number of nitrogens with zero attached hydrogens (tertiary/aromatic N) is 1. The fourth-order valence-electron chi connectivity index (χ4n) is 3.43. The summed E-state index contributed by atoms with van der Waals surface area (Å²) >= 11 is 0. The van der Waals surface area contributed by atoms with Gasteiger partial charge in [-0.25, -0.2) is 8.78 Å². The van der Waals surface area contributed by atoms with Crippen LogP contribution in [0.1, 0.15) is 5.56 Å². The number of halogens is 2. The number of anilines is 1. The maximum absolute atomic E-state index is 13.8. The van der Waals surface area contributed by atoms with Crippen LogP contribution in [0.5, 0.6) is 0 Å². The van der Waals surface area contributed by atoms with Gasteiger partial charge in [0.15, 0.2) is 5.82 Å². The molecule has 0 saturated carbocycles. The lowest BCUT2D eigenvalue weighted by atomic mass is 10.1. The SMILES string of the molecule is Fc1ccc(NN=Cc2c3oc4ccccc4cc-3c3ccccc23)c(F)c1. The van der Waals surface area contributed by atoms with Gasteiger partial charge in [0.25, 0.3) is 0 Å². The summed E-state index contributed by atoms with van der Waals surface area (Å²) in [6, 6.07) is 21.2. The minimum Gasteiger partial charge on any atom is -0.455 e. The summed E-state index contributed by atoms with van der Waals surface area (Å²) in [5.41, 5.74) is 5.29. The molecule has 0 bridgehead atoms. The quantitative estimate of drug-likeness (QED) is 0.293. The van der Waals surface area contributed by atoms with E-state index in [0.717, 1.165) is 38.9 Å². The maximum atomic E-state index is 13.8. The fourth-order valence-corrected chi connectivity index (χ4v) is 3.43. The number of rotatable bonds is 3. The number of hydrogen-bond acceptors (Lipinski definition) is 3. The largest absolute Gasteiger partial charge is 0.455 e. The van der Waals surface area contributed by atoms with Crippen molar-refractivity contribution in [2.45, 2.75) is 0 Å². The van der Waals surface area contributed by atoms with Crippen molar-refractivity contribution < 1.29 is 13.2 Å². The van der Waals surface area contributed by atoms with Crippen LogP contribution in [-0.4, -0.2) is 6.21 Å². The molecular formula is C23H14F2N2O. The summed E-state index contributed by atoms with van der Waals surface area (Å²) in [6.07, 6.45) is 1.60. The molecule has 5 heteroatoms. The van der Waals surface area contributed by atoms with E-state index in [-0.39, 0.29) is 5.69 Å². The van der Waals surface area contributed by atoms with E-state index in [1.807, 2.05) is 48.5 Å². The minimum atomic E-state index is -0.704. The minimum absolute atomic E-state index is 0.0974. The third kappa shape index (κ3) is 2.68. The van der Waals surface area contributed by atoms with Crippen LogP contribution in [0, 0.1) is 11.6 Å². The summed E-state index contributed by atoms with van der Waals surface area (Å²) in [5.74, 6) is -0.624. The van der Waals surface area contributed by atoms with Crippen molar-refractivity contribution in [3.05, 3.63) is 90.0 Å². The molecule has 0 atom stereocenters. The number of nitrogens with one attached hydrogen (secondary N) is 1. The van der Waals surface area contributed by atoms with Crippen LogP contribution in [0.2, 0.25) is 0 Å². The summed E-state index contributed by atoms with van der Waals surface area (Å²) in [6.45, 7) is 0. The highest BCUT2D eigenvalue weighted by Gasteiger charge is 2.19. The molecule has 1 aliphatic carbocycles. The lowest BCUT2D eigenvalue weighted by Gasteiger charge is -2.05. The summed E-state index contributed by atoms with van der Waals surface area (Å²) in [7, 11) is 0. The maximum Gasteiger partial charge on any atom is 0.151 e. The molecule has 3 aromatic rings. The van der Waals surface area contributed by atoms with Crippen molar-refractivity contribution in [1.29, 1.82) is 0 Å². The molecule has 5 rings (SSSR count). The number of fused-ring (bicyclic) bond motifs is 4. The highest BCUT2D eigenvalue weighted by molar-refractivity contribution is 6.15. The lowest BCUT2D eigenvalue weighted by Crippen LogP contribution is -1.94. The van der Waals surface area contributed by atoms with Gasteiger partial charge in [-0.2, -0.15) is 5.10 Å². The van der Waals surface area contributed by atoms with E-state index >= 15 is 0 Å². The van der Waals surface area contributed by atoms with Crippen LogP contribution in [0.3, 0.4) is 0 Å². The van der Waals surface area contributed by atoms with Gasteiger partial charge < -0.3 is 4.42 Å². The van der Waals surface area contributed by atoms with Gasteiger partial charge in [-0.05, 0) is 35.0 Å². The van der Waals surface area contributed by atoms with Gasteiger partial charge >= 0.3 is 0 Å². The standard InChI is InChI=1S/C23H14F2N2O/c24-15-9-10-21(20(25)12-15)27-26-13-19-17-7-3-2-6-16(17)18-11-14-5-1-4-8-22(14)28-23(18)19/h1-13,27H. The molecule has 136 valence electrons. The van der Waals surface area contributed by atoms with Gasteiger partial charge in [0, 0.05) is 22.6 Å². The van der Waals surface area contributed by atoms with Crippen molar-refractivity contribution in [2.75, 3.05) is 5.43 Å². The molecule has 0 amide bonds. The van der Waals surface area contributed by atoms with E-state index in [1.54, 1.807) is 6.21 Å².